The quantitative estimate of drug-likeness (QED) is 0.302. The predicted molar refractivity (Wildman–Crippen MR) is 109 cm³/mol. The third kappa shape index (κ3) is 6.84. The number of phenolic OH excluding ortho intramolecular Hbond substituents is 2. The second-order valence-electron chi connectivity index (χ2n) is 6.97. The first kappa shape index (κ1) is 22.2. The SMILES string of the molecule is CC(Cc1ccc(OCC(C)[PH](=O)O)cc1)NCC(O)c1ccc(O)c(O)c1. The van der Waals surface area contributed by atoms with Crippen molar-refractivity contribution in [1.29, 1.82) is 0 Å². The van der Waals surface area contributed by atoms with E-state index in [9.17, 15) is 19.9 Å². The third-order valence-corrected chi connectivity index (χ3v) is 5.44. The summed E-state index contributed by atoms with van der Waals surface area (Å²) in [6, 6.07) is 11.9. The topological polar surface area (TPSA) is 119 Å². The van der Waals surface area contributed by atoms with E-state index in [1.165, 1.54) is 12.1 Å². The highest BCUT2D eigenvalue weighted by Gasteiger charge is 2.12. The molecule has 4 unspecified atom stereocenters. The van der Waals surface area contributed by atoms with Crippen LogP contribution in [0.5, 0.6) is 17.2 Å². The van der Waals surface area contributed by atoms with Crippen molar-refractivity contribution in [2.24, 2.45) is 0 Å². The molecule has 0 radical (unpaired) electrons. The minimum Gasteiger partial charge on any atom is -0.504 e. The predicted octanol–water partition coefficient (Wildman–Crippen LogP) is 2.59. The Morgan fingerprint density at radius 3 is 2.36 bits per heavy atom. The lowest BCUT2D eigenvalue weighted by atomic mass is 10.1. The molecule has 5 N–H and O–H groups in total. The number of aliphatic hydroxyl groups excluding tert-OH is 1. The summed E-state index contributed by atoms with van der Waals surface area (Å²) in [6.07, 6.45) is -0.0557. The Balaban J connectivity index is 1.79. The van der Waals surface area contributed by atoms with E-state index in [0.29, 0.717) is 17.9 Å². The Kier molecular flexibility index (Phi) is 8.33. The maximum atomic E-state index is 11.0. The average Bonchev–Trinajstić information content (AvgIpc) is 2.67. The van der Waals surface area contributed by atoms with Crippen LogP contribution in [-0.2, 0) is 11.0 Å². The first-order valence-corrected chi connectivity index (χ1v) is 10.6. The normalized spacial score (nSPS) is 15.6. The van der Waals surface area contributed by atoms with E-state index >= 15 is 0 Å². The van der Waals surface area contributed by atoms with Crippen molar-refractivity contribution in [2.45, 2.75) is 38.1 Å². The smallest absolute Gasteiger partial charge is 0.195 e. The van der Waals surface area contributed by atoms with Gasteiger partial charge in [0, 0.05) is 12.6 Å². The maximum absolute atomic E-state index is 11.0. The fraction of sp³-hybridized carbons (Fsp3) is 0.400. The van der Waals surface area contributed by atoms with Crippen LogP contribution in [0.1, 0.15) is 31.1 Å². The van der Waals surface area contributed by atoms with E-state index in [2.05, 4.69) is 5.32 Å². The molecule has 154 valence electrons. The summed E-state index contributed by atoms with van der Waals surface area (Å²) in [4.78, 5) is 9.05. The molecule has 7 nitrogen and oxygen atoms in total. The van der Waals surface area contributed by atoms with Gasteiger partial charge >= 0.3 is 0 Å². The number of ether oxygens (including phenoxy) is 1. The van der Waals surface area contributed by atoms with Crippen LogP contribution in [0.2, 0.25) is 0 Å². The Labute approximate surface area is 165 Å². The van der Waals surface area contributed by atoms with Gasteiger partial charge in [0.05, 0.1) is 18.4 Å². The van der Waals surface area contributed by atoms with Crippen molar-refractivity contribution in [3.63, 3.8) is 0 Å². The van der Waals surface area contributed by atoms with Gasteiger partial charge in [0.1, 0.15) is 5.75 Å². The van der Waals surface area contributed by atoms with Crippen LogP contribution < -0.4 is 10.1 Å². The molecule has 0 spiro atoms. The van der Waals surface area contributed by atoms with Crippen LogP contribution in [0.25, 0.3) is 0 Å². The molecule has 2 aromatic rings. The van der Waals surface area contributed by atoms with Crippen molar-refractivity contribution in [2.75, 3.05) is 13.2 Å². The minimum atomic E-state index is -2.57. The van der Waals surface area contributed by atoms with Crippen LogP contribution in [-0.4, -0.2) is 45.1 Å². The fourth-order valence-corrected chi connectivity index (χ4v) is 2.84. The van der Waals surface area contributed by atoms with Crippen molar-refractivity contribution in [3.05, 3.63) is 53.6 Å². The van der Waals surface area contributed by atoms with Gasteiger partial charge in [0.15, 0.2) is 19.5 Å². The molecule has 8 heteroatoms. The third-order valence-electron chi connectivity index (χ3n) is 4.43. The molecule has 4 atom stereocenters. The molecule has 0 saturated heterocycles. The first-order chi connectivity index (χ1) is 13.3. The summed E-state index contributed by atoms with van der Waals surface area (Å²) in [5.41, 5.74) is 1.24. The molecule has 0 heterocycles. The number of hydrogen-bond donors (Lipinski definition) is 5. The molecule has 0 aliphatic carbocycles. The summed E-state index contributed by atoms with van der Waals surface area (Å²) >= 11 is 0. The Morgan fingerprint density at radius 2 is 1.75 bits per heavy atom. The van der Waals surface area contributed by atoms with E-state index in [0.717, 1.165) is 12.0 Å². The van der Waals surface area contributed by atoms with Gasteiger partial charge < -0.3 is 30.3 Å². The number of hydrogen-bond acceptors (Lipinski definition) is 6. The van der Waals surface area contributed by atoms with Crippen LogP contribution in [0, 0.1) is 0 Å². The summed E-state index contributed by atoms with van der Waals surface area (Å²) in [5, 5.41) is 32.3. The van der Waals surface area contributed by atoms with E-state index < -0.39 is 14.1 Å². The van der Waals surface area contributed by atoms with Gasteiger partial charge in [-0.1, -0.05) is 25.1 Å². The summed E-state index contributed by atoms with van der Waals surface area (Å²) in [5.74, 6) is 0.180. The zero-order valence-electron chi connectivity index (χ0n) is 16.0. The molecule has 28 heavy (non-hydrogen) atoms. The molecule has 0 aromatic heterocycles. The number of aliphatic hydroxyl groups is 1. The maximum Gasteiger partial charge on any atom is 0.195 e. The van der Waals surface area contributed by atoms with Crippen LogP contribution in [0.15, 0.2) is 42.5 Å². The van der Waals surface area contributed by atoms with Crippen molar-refractivity contribution in [1.82, 2.24) is 5.32 Å². The Hall–Kier alpha value is -2.05. The molecular weight excluding hydrogens is 381 g/mol. The summed E-state index contributed by atoms with van der Waals surface area (Å²) < 4.78 is 16.5. The standard InChI is InChI=1S/C20H28NO6P/c1-13(21-11-20(24)16-5-8-18(22)19(23)10-16)9-15-3-6-17(7-4-15)27-12-14(2)28(25)26/h3-8,10,13-14,20-24,28H,9,11-12H2,1-2H3,(H,25,26). The van der Waals surface area contributed by atoms with Gasteiger partial charge in [-0.3, -0.25) is 4.57 Å². The van der Waals surface area contributed by atoms with Gasteiger partial charge in [0.25, 0.3) is 0 Å². The number of rotatable bonds is 10. The molecule has 0 fully saturated rings. The lowest BCUT2D eigenvalue weighted by Crippen LogP contribution is -2.32. The summed E-state index contributed by atoms with van der Waals surface area (Å²) in [7, 11) is -2.57. The van der Waals surface area contributed by atoms with Gasteiger partial charge in [0.2, 0.25) is 0 Å². The molecule has 0 aliphatic heterocycles. The lowest BCUT2D eigenvalue weighted by Gasteiger charge is -2.18. The van der Waals surface area contributed by atoms with E-state index in [-0.39, 0.29) is 29.8 Å². The highest BCUT2D eigenvalue weighted by Crippen LogP contribution is 2.27. The van der Waals surface area contributed by atoms with Gasteiger partial charge in [-0.05, 0) is 48.7 Å². The lowest BCUT2D eigenvalue weighted by molar-refractivity contribution is 0.170. The highest BCUT2D eigenvalue weighted by atomic mass is 31.1. The van der Waals surface area contributed by atoms with Gasteiger partial charge in [-0.25, -0.2) is 0 Å². The van der Waals surface area contributed by atoms with E-state index in [1.54, 1.807) is 13.0 Å². The number of nitrogens with one attached hydrogen (secondary N) is 1. The van der Waals surface area contributed by atoms with Gasteiger partial charge in [-0.15, -0.1) is 0 Å². The minimum absolute atomic E-state index is 0.104. The first-order valence-electron chi connectivity index (χ1n) is 9.14. The molecular formula is C20H28NO6P. The molecule has 0 bridgehead atoms. The molecule has 2 aromatic carbocycles. The van der Waals surface area contributed by atoms with Crippen molar-refractivity contribution >= 4 is 8.03 Å². The number of phenols is 2. The molecule has 0 amide bonds. The second-order valence-corrected chi connectivity index (χ2v) is 8.63. The monoisotopic (exact) mass is 409 g/mol. The second kappa shape index (κ2) is 10.5. The molecule has 2 rings (SSSR count). The Morgan fingerprint density at radius 1 is 1.07 bits per heavy atom. The van der Waals surface area contributed by atoms with E-state index in [4.69, 9.17) is 9.63 Å². The molecule has 0 aliphatic rings. The zero-order chi connectivity index (χ0) is 20.7. The number of benzene rings is 2. The Bertz CT molecular complexity index is 783. The largest absolute Gasteiger partial charge is 0.504 e. The summed E-state index contributed by atoms with van der Waals surface area (Å²) in [6.45, 7) is 4.20. The van der Waals surface area contributed by atoms with Crippen LogP contribution in [0.4, 0.5) is 0 Å². The van der Waals surface area contributed by atoms with Crippen LogP contribution in [0.3, 0.4) is 0 Å². The van der Waals surface area contributed by atoms with Crippen LogP contribution >= 0.6 is 8.03 Å². The highest BCUT2D eigenvalue weighted by molar-refractivity contribution is 7.38. The van der Waals surface area contributed by atoms with Crippen molar-refractivity contribution < 1.29 is 29.5 Å². The molecule has 0 saturated carbocycles. The number of aromatic hydroxyl groups is 2. The van der Waals surface area contributed by atoms with Crippen molar-refractivity contribution in [3.8, 4) is 17.2 Å². The van der Waals surface area contributed by atoms with Gasteiger partial charge in [-0.2, -0.15) is 0 Å². The zero-order valence-corrected chi connectivity index (χ0v) is 17.0. The average molecular weight is 409 g/mol. The van der Waals surface area contributed by atoms with E-state index in [1.807, 2.05) is 31.2 Å². The fourth-order valence-electron chi connectivity index (χ4n) is 2.62.